The van der Waals surface area contributed by atoms with Gasteiger partial charge in [-0.15, -0.1) is 11.3 Å². The molecule has 256 valence electrons. The Labute approximate surface area is 287 Å². The van der Waals surface area contributed by atoms with Crippen LogP contribution in [0.1, 0.15) is 27.7 Å². The fraction of sp³-hybridized carbons (Fsp3) is 0.382. The number of hydrogen-bond donors (Lipinski definition) is 2. The van der Waals surface area contributed by atoms with Gasteiger partial charge in [0.25, 0.3) is 0 Å². The van der Waals surface area contributed by atoms with E-state index in [-0.39, 0.29) is 6.03 Å². The quantitative estimate of drug-likeness (QED) is 0.164. The molecule has 2 aromatic carbocycles. The first-order valence-electron chi connectivity index (χ1n) is 16.2. The third-order valence-corrected chi connectivity index (χ3v) is 9.51. The van der Waals surface area contributed by atoms with E-state index in [0.717, 1.165) is 49.8 Å². The second-order valence-electron chi connectivity index (χ2n) is 11.3. The van der Waals surface area contributed by atoms with Crippen LogP contribution in [0, 0.1) is 0 Å². The Morgan fingerprint density at radius 1 is 0.896 bits per heavy atom. The Balaban J connectivity index is 1.27. The molecule has 0 bridgehead atoms. The summed E-state index contributed by atoms with van der Waals surface area (Å²) in [5.74, 6) is 2.82. The van der Waals surface area contributed by atoms with Gasteiger partial charge in [-0.25, -0.2) is 23.2 Å². The number of urea groups is 1. The lowest BCUT2D eigenvalue weighted by molar-refractivity contribution is 0.208. The van der Waals surface area contributed by atoms with Gasteiger partial charge in [-0.05, 0) is 64.1 Å². The molecule has 0 saturated carbocycles. The Kier molecular flexibility index (Phi) is 11.3. The van der Waals surface area contributed by atoms with E-state index in [1.165, 1.54) is 11.3 Å². The van der Waals surface area contributed by atoms with Crippen LogP contribution in [-0.2, 0) is 10.0 Å². The SMILES string of the molecule is CCN(CC)c1ccc(N(CC)CC)c(N2CCN(C(=O)Nc3nc(-c4ccc(NS(C)(=O)=O)c(Oc5ccccc5)c4)cs3)CC2)n1. The molecule has 48 heavy (non-hydrogen) atoms. The van der Waals surface area contributed by atoms with E-state index in [0.29, 0.717) is 59.8 Å². The number of hydrogen-bond acceptors (Lipinski definition) is 10. The highest BCUT2D eigenvalue weighted by Gasteiger charge is 2.26. The van der Waals surface area contributed by atoms with Crippen molar-refractivity contribution in [3.05, 3.63) is 66.0 Å². The number of para-hydroxylation sites is 1. The van der Waals surface area contributed by atoms with Gasteiger partial charge in [0.15, 0.2) is 16.7 Å². The minimum absolute atomic E-state index is 0.204. The summed E-state index contributed by atoms with van der Waals surface area (Å²) in [6.45, 7) is 14.5. The summed E-state index contributed by atoms with van der Waals surface area (Å²) in [5.41, 5.74) is 2.77. The van der Waals surface area contributed by atoms with Crippen molar-refractivity contribution in [3.63, 3.8) is 0 Å². The molecule has 3 heterocycles. The molecule has 0 spiro atoms. The summed E-state index contributed by atoms with van der Waals surface area (Å²) in [5, 5.41) is 5.28. The molecule has 0 atom stereocenters. The maximum atomic E-state index is 13.3. The van der Waals surface area contributed by atoms with E-state index in [1.54, 1.807) is 35.2 Å². The topological polar surface area (TPSA) is 123 Å². The number of benzene rings is 2. The Morgan fingerprint density at radius 2 is 1.58 bits per heavy atom. The number of nitrogens with zero attached hydrogens (tertiary/aromatic N) is 6. The van der Waals surface area contributed by atoms with Crippen LogP contribution in [0.5, 0.6) is 11.5 Å². The van der Waals surface area contributed by atoms with Crippen molar-refractivity contribution < 1.29 is 17.9 Å². The lowest BCUT2D eigenvalue weighted by Crippen LogP contribution is -2.50. The van der Waals surface area contributed by atoms with Crippen molar-refractivity contribution in [1.29, 1.82) is 0 Å². The van der Waals surface area contributed by atoms with Crippen molar-refractivity contribution in [3.8, 4) is 22.8 Å². The number of amides is 2. The highest BCUT2D eigenvalue weighted by Crippen LogP contribution is 2.36. The fourth-order valence-corrected chi connectivity index (χ4v) is 6.90. The number of ether oxygens (including phenoxy) is 1. The lowest BCUT2D eigenvalue weighted by Gasteiger charge is -2.38. The van der Waals surface area contributed by atoms with Crippen molar-refractivity contribution in [1.82, 2.24) is 14.9 Å². The number of carbonyl (C=O) groups is 1. The summed E-state index contributed by atoms with van der Waals surface area (Å²) in [7, 11) is -3.53. The van der Waals surface area contributed by atoms with Gasteiger partial charge in [0, 0.05) is 63.3 Å². The first kappa shape index (κ1) is 34.8. The first-order chi connectivity index (χ1) is 23.1. The van der Waals surface area contributed by atoms with Crippen molar-refractivity contribution in [2.75, 3.05) is 83.4 Å². The van der Waals surface area contributed by atoms with Crippen LogP contribution in [-0.4, -0.2) is 87.9 Å². The van der Waals surface area contributed by atoms with Gasteiger partial charge in [-0.1, -0.05) is 24.3 Å². The van der Waals surface area contributed by atoms with Gasteiger partial charge in [0.05, 0.1) is 23.3 Å². The predicted octanol–water partition coefficient (Wildman–Crippen LogP) is 6.42. The molecule has 1 aliphatic rings. The number of nitrogens with one attached hydrogen (secondary N) is 2. The van der Waals surface area contributed by atoms with Crippen LogP contribution >= 0.6 is 11.3 Å². The molecule has 2 aromatic heterocycles. The Bertz CT molecular complexity index is 1790. The number of anilines is 5. The van der Waals surface area contributed by atoms with Crippen LogP contribution in [0.25, 0.3) is 11.3 Å². The maximum Gasteiger partial charge on any atom is 0.323 e. The number of rotatable bonds is 13. The summed E-state index contributed by atoms with van der Waals surface area (Å²) in [6.07, 6.45) is 1.09. The zero-order valence-electron chi connectivity index (χ0n) is 28.1. The second-order valence-corrected chi connectivity index (χ2v) is 13.9. The van der Waals surface area contributed by atoms with Crippen LogP contribution in [0.3, 0.4) is 0 Å². The standard InChI is InChI=1S/C34H44N8O4S2/c1-6-39(7-2)29-17-18-31(40(8-3)9-4)36-32(29)41-19-21-42(22-20-41)34(43)37-33-35-28(24-47-33)25-15-16-27(38-48(5,44)45)30(23-25)46-26-13-11-10-12-14-26/h10-18,23-24,38H,6-9,19-22H2,1-5H3,(H,35,37,43). The summed E-state index contributed by atoms with van der Waals surface area (Å²) >= 11 is 1.32. The highest BCUT2D eigenvalue weighted by atomic mass is 32.2. The average Bonchev–Trinajstić information content (AvgIpc) is 3.55. The number of pyridine rings is 1. The van der Waals surface area contributed by atoms with Crippen LogP contribution < -0.4 is 29.5 Å². The van der Waals surface area contributed by atoms with Crippen LogP contribution in [0.2, 0.25) is 0 Å². The number of sulfonamides is 1. The molecule has 4 aromatic rings. The van der Waals surface area contributed by atoms with Crippen molar-refractivity contribution in [2.24, 2.45) is 0 Å². The highest BCUT2D eigenvalue weighted by molar-refractivity contribution is 7.92. The second kappa shape index (κ2) is 15.6. The molecule has 1 aliphatic heterocycles. The third kappa shape index (κ3) is 8.47. The smallest absolute Gasteiger partial charge is 0.323 e. The molecule has 12 nitrogen and oxygen atoms in total. The van der Waals surface area contributed by atoms with Gasteiger partial charge in [-0.2, -0.15) is 0 Å². The van der Waals surface area contributed by atoms with Gasteiger partial charge < -0.3 is 24.3 Å². The van der Waals surface area contributed by atoms with E-state index in [4.69, 9.17) is 9.72 Å². The first-order valence-corrected chi connectivity index (χ1v) is 19.0. The predicted molar refractivity (Wildman–Crippen MR) is 197 cm³/mol. The van der Waals surface area contributed by atoms with E-state index >= 15 is 0 Å². The van der Waals surface area contributed by atoms with Gasteiger partial charge in [-0.3, -0.25) is 10.0 Å². The zero-order chi connectivity index (χ0) is 34.3. The molecule has 14 heteroatoms. The third-order valence-electron chi connectivity index (χ3n) is 8.16. The van der Waals surface area contributed by atoms with Crippen molar-refractivity contribution in [2.45, 2.75) is 27.7 Å². The van der Waals surface area contributed by atoms with Crippen molar-refractivity contribution >= 4 is 55.5 Å². The molecule has 1 saturated heterocycles. The minimum atomic E-state index is -3.53. The van der Waals surface area contributed by atoms with E-state index in [2.05, 4.69) is 69.6 Å². The van der Waals surface area contributed by atoms with Gasteiger partial charge in [0.2, 0.25) is 10.0 Å². The summed E-state index contributed by atoms with van der Waals surface area (Å²) in [6, 6.07) is 18.3. The number of thiazole rings is 1. The summed E-state index contributed by atoms with van der Waals surface area (Å²) < 4.78 is 32.5. The summed E-state index contributed by atoms with van der Waals surface area (Å²) in [4.78, 5) is 31.8. The zero-order valence-corrected chi connectivity index (χ0v) is 29.8. The molecule has 0 radical (unpaired) electrons. The van der Waals surface area contributed by atoms with E-state index in [1.807, 2.05) is 23.6 Å². The molecule has 1 fully saturated rings. The van der Waals surface area contributed by atoms with E-state index in [9.17, 15) is 13.2 Å². The maximum absolute atomic E-state index is 13.3. The molecule has 2 amide bonds. The number of piperazine rings is 1. The Morgan fingerprint density at radius 3 is 2.23 bits per heavy atom. The van der Waals surface area contributed by atoms with Gasteiger partial charge >= 0.3 is 6.03 Å². The Hall–Kier alpha value is -4.56. The normalized spacial score (nSPS) is 13.3. The number of aromatic nitrogens is 2. The largest absolute Gasteiger partial charge is 0.455 e. The monoisotopic (exact) mass is 692 g/mol. The molecule has 5 rings (SSSR count). The molecular weight excluding hydrogens is 649 g/mol. The van der Waals surface area contributed by atoms with E-state index < -0.39 is 10.0 Å². The molecule has 2 N–H and O–H groups in total. The lowest BCUT2D eigenvalue weighted by atomic mass is 10.1. The van der Waals surface area contributed by atoms with Gasteiger partial charge in [0.1, 0.15) is 11.6 Å². The molecule has 0 aliphatic carbocycles. The molecule has 0 unspecified atom stereocenters. The minimum Gasteiger partial charge on any atom is -0.455 e. The van der Waals surface area contributed by atoms with Crippen LogP contribution in [0.15, 0.2) is 66.0 Å². The average molecular weight is 693 g/mol. The molecular formula is C34H44N8O4S2. The fourth-order valence-electron chi connectivity index (χ4n) is 5.62. The van der Waals surface area contributed by atoms with Crippen LogP contribution in [0.4, 0.5) is 32.9 Å². The number of carbonyl (C=O) groups excluding carboxylic acids is 1.